The fourth-order valence-corrected chi connectivity index (χ4v) is 5.01. The van der Waals surface area contributed by atoms with Crippen molar-refractivity contribution in [2.45, 2.75) is 23.7 Å². The van der Waals surface area contributed by atoms with Gasteiger partial charge in [-0.25, -0.2) is 8.42 Å². The van der Waals surface area contributed by atoms with E-state index in [0.29, 0.717) is 34.8 Å². The van der Waals surface area contributed by atoms with Crippen LogP contribution in [-0.4, -0.2) is 36.0 Å². The summed E-state index contributed by atoms with van der Waals surface area (Å²) >= 11 is 11.8. The summed E-state index contributed by atoms with van der Waals surface area (Å²) in [5.41, 5.74) is 0.792. The third kappa shape index (κ3) is 3.93. The van der Waals surface area contributed by atoms with Crippen LogP contribution in [-0.2, 0) is 10.0 Å². The van der Waals surface area contributed by atoms with Gasteiger partial charge in [-0.2, -0.15) is 9.29 Å². The number of nitrogens with zero attached hydrogens (tertiary/aromatic N) is 3. The molecule has 3 aromatic rings. The molecule has 0 bridgehead atoms. The third-order valence-electron chi connectivity index (χ3n) is 4.73. The van der Waals surface area contributed by atoms with Gasteiger partial charge in [0.05, 0.1) is 10.8 Å². The number of aromatic nitrogens is 2. The molecule has 9 heteroatoms. The first-order valence-corrected chi connectivity index (χ1v) is 11.0. The highest BCUT2D eigenvalue weighted by Crippen LogP contribution is 2.31. The first kappa shape index (κ1) is 19.4. The average Bonchev–Trinajstić information content (AvgIpc) is 3.19. The van der Waals surface area contributed by atoms with Gasteiger partial charge in [0, 0.05) is 28.7 Å². The zero-order chi connectivity index (χ0) is 19.7. The molecule has 1 atom stereocenters. The molecule has 146 valence electrons. The van der Waals surface area contributed by atoms with Crippen LogP contribution >= 0.6 is 23.2 Å². The van der Waals surface area contributed by atoms with Crippen LogP contribution in [0.1, 0.15) is 24.7 Å². The summed E-state index contributed by atoms with van der Waals surface area (Å²) in [5.74, 6) is 0.759. The van der Waals surface area contributed by atoms with Gasteiger partial charge in [0.2, 0.25) is 21.7 Å². The molecule has 0 amide bonds. The number of hydrogen-bond donors (Lipinski definition) is 0. The summed E-state index contributed by atoms with van der Waals surface area (Å²) < 4.78 is 32.8. The number of hydrogen-bond acceptors (Lipinski definition) is 5. The van der Waals surface area contributed by atoms with E-state index in [2.05, 4.69) is 10.1 Å². The van der Waals surface area contributed by atoms with Gasteiger partial charge in [-0.15, -0.1) is 0 Å². The van der Waals surface area contributed by atoms with Gasteiger partial charge in [0.15, 0.2) is 0 Å². The predicted octanol–water partition coefficient (Wildman–Crippen LogP) is 4.61. The molecule has 4 rings (SSSR count). The maximum absolute atomic E-state index is 12.9. The maximum Gasteiger partial charge on any atom is 0.243 e. The highest BCUT2D eigenvalue weighted by Gasteiger charge is 2.33. The van der Waals surface area contributed by atoms with Gasteiger partial charge in [-0.3, -0.25) is 0 Å². The summed E-state index contributed by atoms with van der Waals surface area (Å²) in [5, 5.41) is 5.16. The number of piperidine rings is 1. The molecule has 1 saturated heterocycles. The van der Waals surface area contributed by atoms with Crippen LogP contribution < -0.4 is 0 Å². The maximum atomic E-state index is 12.9. The Labute approximate surface area is 173 Å². The molecule has 0 unspecified atom stereocenters. The minimum atomic E-state index is -3.60. The van der Waals surface area contributed by atoms with E-state index in [-0.39, 0.29) is 10.8 Å². The Bertz CT molecular complexity index is 1070. The summed E-state index contributed by atoms with van der Waals surface area (Å²) in [4.78, 5) is 4.70. The Kier molecular flexibility index (Phi) is 5.42. The largest absolute Gasteiger partial charge is 0.339 e. The third-order valence-corrected chi connectivity index (χ3v) is 7.11. The van der Waals surface area contributed by atoms with Crippen molar-refractivity contribution in [2.24, 2.45) is 0 Å². The minimum absolute atomic E-state index is 0.149. The molecule has 0 radical (unpaired) electrons. The van der Waals surface area contributed by atoms with E-state index < -0.39 is 10.0 Å². The molecule has 0 N–H and O–H groups in total. The molecule has 1 aliphatic rings. The first-order valence-electron chi connectivity index (χ1n) is 8.79. The molecular formula is C19H17Cl2N3O3S. The van der Waals surface area contributed by atoms with Gasteiger partial charge < -0.3 is 4.52 Å². The molecule has 28 heavy (non-hydrogen) atoms. The van der Waals surface area contributed by atoms with E-state index in [1.54, 1.807) is 24.3 Å². The lowest BCUT2D eigenvalue weighted by atomic mass is 10.00. The molecule has 0 aliphatic carbocycles. The molecular weight excluding hydrogens is 421 g/mol. The second-order valence-electron chi connectivity index (χ2n) is 6.62. The Morgan fingerprint density at radius 3 is 2.32 bits per heavy atom. The fourth-order valence-electron chi connectivity index (χ4n) is 3.24. The number of rotatable bonds is 4. The van der Waals surface area contributed by atoms with Crippen LogP contribution in [0, 0.1) is 0 Å². The van der Waals surface area contributed by atoms with Crippen molar-refractivity contribution >= 4 is 33.2 Å². The van der Waals surface area contributed by atoms with E-state index in [9.17, 15) is 8.42 Å². The topological polar surface area (TPSA) is 76.3 Å². The smallest absolute Gasteiger partial charge is 0.243 e. The predicted molar refractivity (Wildman–Crippen MR) is 107 cm³/mol. The molecule has 0 spiro atoms. The van der Waals surface area contributed by atoms with Crippen LogP contribution in [0.3, 0.4) is 0 Å². The second-order valence-corrected chi connectivity index (χ2v) is 9.43. The molecule has 0 saturated carbocycles. The summed E-state index contributed by atoms with van der Waals surface area (Å²) in [6.07, 6.45) is 1.50. The lowest BCUT2D eigenvalue weighted by Gasteiger charge is -2.30. The van der Waals surface area contributed by atoms with Gasteiger partial charge in [0.1, 0.15) is 0 Å². The highest BCUT2D eigenvalue weighted by atomic mass is 35.5. The average molecular weight is 438 g/mol. The second kappa shape index (κ2) is 7.83. The van der Waals surface area contributed by atoms with Gasteiger partial charge >= 0.3 is 0 Å². The fraction of sp³-hybridized carbons (Fsp3) is 0.263. The molecule has 1 aliphatic heterocycles. The van der Waals surface area contributed by atoms with Crippen LogP contribution in [0.15, 0.2) is 57.9 Å². The Morgan fingerprint density at radius 1 is 1.00 bits per heavy atom. The zero-order valence-corrected chi connectivity index (χ0v) is 17.1. The van der Waals surface area contributed by atoms with E-state index in [1.807, 2.05) is 12.1 Å². The minimum Gasteiger partial charge on any atom is -0.339 e. The van der Waals surface area contributed by atoms with Crippen molar-refractivity contribution in [3.05, 3.63) is 64.5 Å². The number of benzene rings is 2. The number of halogens is 2. The van der Waals surface area contributed by atoms with Gasteiger partial charge in [-0.05, 0) is 61.4 Å². The molecule has 1 aromatic heterocycles. The Morgan fingerprint density at radius 2 is 1.64 bits per heavy atom. The monoisotopic (exact) mass is 437 g/mol. The lowest BCUT2D eigenvalue weighted by Crippen LogP contribution is -2.39. The van der Waals surface area contributed by atoms with E-state index in [1.165, 1.54) is 16.4 Å². The van der Waals surface area contributed by atoms with Crippen molar-refractivity contribution in [3.63, 3.8) is 0 Å². The Hall–Kier alpha value is -1.93. The van der Waals surface area contributed by atoms with E-state index >= 15 is 0 Å². The summed E-state index contributed by atoms with van der Waals surface area (Å²) in [6.45, 7) is 0.757. The Balaban J connectivity index is 1.54. The molecule has 2 heterocycles. The van der Waals surface area contributed by atoms with E-state index in [0.717, 1.165) is 18.4 Å². The normalized spacial score (nSPS) is 18.3. The van der Waals surface area contributed by atoms with Gasteiger partial charge in [0.25, 0.3) is 0 Å². The van der Waals surface area contributed by atoms with Crippen LogP contribution in [0.4, 0.5) is 0 Å². The molecule has 2 aromatic carbocycles. The van der Waals surface area contributed by atoms with Crippen LogP contribution in [0.2, 0.25) is 10.0 Å². The van der Waals surface area contributed by atoms with Crippen LogP contribution in [0.25, 0.3) is 11.4 Å². The SMILES string of the molecule is O=S(=O)(c1ccc(Cl)cc1)N1CCC[C@H](c2nc(-c3ccc(Cl)cc3)no2)C1. The van der Waals surface area contributed by atoms with Gasteiger partial charge in [-0.1, -0.05) is 28.4 Å². The highest BCUT2D eigenvalue weighted by molar-refractivity contribution is 7.89. The van der Waals surface area contributed by atoms with E-state index in [4.69, 9.17) is 27.7 Å². The zero-order valence-electron chi connectivity index (χ0n) is 14.8. The standard InChI is InChI=1S/C19H17Cl2N3O3S/c20-15-5-3-13(4-6-15)18-22-19(27-23-18)14-2-1-11-24(12-14)28(25,26)17-9-7-16(21)8-10-17/h3-10,14H,1-2,11-12H2/t14-/m0/s1. The molecule has 6 nitrogen and oxygen atoms in total. The van der Waals surface area contributed by atoms with Crippen molar-refractivity contribution in [3.8, 4) is 11.4 Å². The van der Waals surface area contributed by atoms with Crippen LogP contribution in [0.5, 0.6) is 0 Å². The summed E-state index contributed by atoms with van der Waals surface area (Å²) in [6, 6.07) is 13.3. The van der Waals surface area contributed by atoms with Crippen molar-refractivity contribution in [1.29, 1.82) is 0 Å². The van der Waals surface area contributed by atoms with Crippen molar-refractivity contribution in [2.75, 3.05) is 13.1 Å². The number of sulfonamides is 1. The van der Waals surface area contributed by atoms with Crippen molar-refractivity contribution in [1.82, 2.24) is 14.4 Å². The lowest BCUT2D eigenvalue weighted by molar-refractivity contribution is 0.265. The summed E-state index contributed by atoms with van der Waals surface area (Å²) in [7, 11) is -3.60. The molecule has 1 fully saturated rings. The van der Waals surface area contributed by atoms with Crippen molar-refractivity contribution < 1.29 is 12.9 Å². The first-order chi connectivity index (χ1) is 13.4. The quantitative estimate of drug-likeness (QED) is 0.595.